The van der Waals surface area contributed by atoms with Gasteiger partial charge in [-0.25, -0.2) is 4.79 Å². The van der Waals surface area contributed by atoms with Crippen molar-refractivity contribution in [2.45, 2.75) is 51.0 Å². The van der Waals surface area contributed by atoms with Crippen LogP contribution in [0.25, 0.3) is 11.1 Å². The third kappa shape index (κ3) is 10.4. The summed E-state index contributed by atoms with van der Waals surface area (Å²) in [5, 5.41) is 5.73. The summed E-state index contributed by atoms with van der Waals surface area (Å²) in [7, 11) is 0. The van der Waals surface area contributed by atoms with Gasteiger partial charge in [-0.1, -0.05) is 55.5 Å². The predicted octanol–water partition coefficient (Wildman–Crippen LogP) is 4.71. The zero-order valence-corrected chi connectivity index (χ0v) is 24.5. The van der Waals surface area contributed by atoms with E-state index in [2.05, 4.69) is 41.8 Å². The number of amides is 2. The molecular weight excluding hydrogens is 526 g/mol. The first kappa shape index (κ1) is 31.9. The number of alkyl carbamates (subject to hydrolysis) is 1. The number of nitrogens with one attached hydrogen (secondary N) is 2. The molecule has 0 saturated heterocycles. The Hall–Kier alpha value is -2.59. The standard InChI is InChI=1S/C31H45N3O5S/c1-2-21-40-23-29(30(35)33-16-10-20-38-18-8-7-17-37-19-9-15-32)34-31(36)39-22-28-26-13-5-3-11-24(26)25-12-4-6-14-27(25)28/h3-6,11-14,28-29H,2,7-10,15-23,32H2,1H3,(H,33,35)(H,34,36)/t29-/m0/s1. The Labute approximate surface area is 243 Å². The molecule has 2 aromatic rings. The maximum absolute atomic E-state index is 12.9. The van der Waals surface area contributed by atoms with Gasteiger partial charge < -0.3 is 30.6 Å². The van der Waals surface area contributed by atoms with Crippen LogP contribution in [0, 0.1) is 0 Å². The fraction of sp³-hybridized carbons (Fsp3) is 0.548. The molecule has 4 N–H and O–H groups in total. The van der Waals surface area contributed by atoms with E-state index >= 15 is 0 Å². The smallest absolute Gasteiger partial charge is 0.407 e. The van der Waals surface area contributed by atoms with E-state index in [0.717, 1.165) is 49.2 Å². The fourth-order valence-electron chi connectivity index (χ4n) is 4.62. The number of hydrogen-bond donors (Lipinski definition) is 3. The lowest BCUT2D eigenvalue weighted by Crippen LogP contribution is -2.49. The van der Waals surface area contributed by atoms with Crippen LogP contribution >= 0.6 is 11.8 Å². The number of nitrogens with two attached hydrogens (primary N) is 1. The third-order valence-electron chi connectivity index (χ3n) is 6.67. The zero-order chi connectivity index (χ0) is 28.4. The SMILES string of the molecule is CCCSC[C@H](NC(=O)OCC1c2ccccc2-c2ccccc21)C(=O)NCCCOCCCCOCCCN. The van der Waals surface area contributed by atoms with Crippen molar-refractivity contribution in [2.75, 3.05) is 57.6 Å². The molecule has 2 aromatic carbocycles. The number of carbonyl (C=O) groups excluding carboxylic acids is 2. The second kappa shape index (κ2) is 18.7. The van der Waals surface area contributed by atoms with E-state index < -0.39 is 12.1 Å². The normalized spacial score (nSPS) is 12.9. The second-order valence-corrected chi connectivity index (χ2v) is 11.0. The molecule has 40 heavy (non-hydrogen) atoms. The molecule has 1 atom stereocenters. The third-order valence-corrected chi connectivity index (χ3v) is 7.94. The number of unbranched alkanes of at least 4 members (excludes halogenated alkanes) is 1. The molecule has 1 aliphatic carbocycles. The Morgan fingerprint density at radius 1 is 0.900 bits per heavy atom. The minimum Gasteiger partial charge on any atom is -0.449 e. The molecule has 1 aliphatic rings. The second-order valence-electron chi connectivity index (χ2n) is 9.82. The Kier molecular flexibility index (Phi) is 14.9. The van der Waals surface area contributed by atoms with Crippen molar-refractivity contribution >= 4 is 23.8 Å². The molecule has 0 radical (unpaired) electrons. The van der Waals surface area contributed by atoms with Crippen LogP contribution in [0.2, 0.25) is 0 Å². The Morgan fingerprint density at radius 3 is 2.12 bits per heavy atom. The largest absolute Gasteiger partial charge is 0.449 e. The van der Waals surface area contributed by atoms with Gasteiger partial charge in [0.1, 0.15) is 12.6 Å². The van der Waals surface area contributed by atoms with Gasteiger partial charge in [-0.15, -0.1) is 0 Å². The number of ether oxygens (including phenoxy) is 3. The Morgan fingerprint density at radius 2 is 1.50 bits per heavy atom. The van der Waals surface area contributed by atoms with E-state index in [0.29, 0.717) is 45.1 Å². The van der Waals surface area contributed by atoms with Gasteiger partial charge in [-0.05, 0) is 66.7 Å². The zero-order valence-electron chi connectivity index (χ0n) is 23.7. The number of benzene rings is 2. The lowest BCUT2D eigenvalue weighted by Gasteiger charge is -2.19. The van der Waals surface area contributed by atoms with Crippen molar-refractivity contribution in [3.05, 3.63) is 59.7 Å². The number of hydrogen-bond acceptors (Lipinski definition) is 7. The van der Waals surface area contributed by atoms with Crippen LogP contribution in [0.3, 0.4) is 0 Å². The summed E-state index contributed by atoms with van der Waals surface area (Å²) in [6.45, 7) is 6.14. The van der Waals surface area contributed by atoms with Gasteiger partial charge >= 0.3 is 6.09 Å². The van der Waals surface area contributed by atoms with E-state index in [1.54, 1.807) is 11.8 Å². The van der Waals surface area contributed by atoms with E-state index in [1.807, 2.05) is 24.3 Å². The maximum atomic E-state index is 12.9. The van der Waals surface area contributed by atoms with Gasteiger partial charge in [0.25, 0.3) is 0 Å². The summed E-state index contributed by atoms with van der Waals surface area (Å²) >= 11 is 1.65. The van der Waals surface area contributed by atoms with Crippen LogP contribution in [0.5, 0.6) is 0 Å². The summed E-state index contributed by atoms with van der Waals surface area (Å²) in [6.07, 6.45) is 3.92. The molecule has 0 unspecified atom stereocenters. The maximum Gasteiger partial charge on any atom is 0.407 e. The Bertz CT molecular complexity index is 992. The summed E-state index contributed by atoms with van der Waals surface area (Å²) in [6, 6.07) is 15.8. The molecule has 0 fully saturated rings. The van der Waals surface area contributed by atoms with Crippen LogP contribution in [-0.4, -0.2) is 75.7 Å². The van der Waals surface area contributed by atoms with Crippen molar-refractivity contribution in [3.63, 3.8) is 0 Å². The van der Waals surface area contributed by atoms with Crippen molar-refractivity contribution < 1.29 is 23.8 Å². The summed E-state index contributed by atoms with van der Waals surface area (Å²) in [4.78, 5) is 25.7. The molecule has 0 aliphatic heterocycles. The number of fused-ring (bicyclic) bond motifs is 3. The number of rotatable bonds is 20. The first-order valence-electron chi connectivity index (χ1n) is 14.5. The highest BCUT2D eigenvalue weighted by Crippen LogP contribution is 2.44. The molecule has 0 aromatic heterocycles. The van der Waals surface area contributed by atoms with Crippen LogP contribution in [0.4, 0.5) is 4.79 Å². The molecule has 0 spiro atoms. The first-order chi connectivity index (χ1) is 19.7. The fourth-order valence-corrected chi connectivity index (χ4v) is 5.54. The molecule has 220 valence electrons. The highest BCUT2D eigenvalue weighted by molar-refractivity contribution is 7.99. The first-order valence-corrected chi connectivity index (χ1v) is 15.6. The average molecular weight is 572 g/mol. The molecular formula is C31H45N3O5S. The van der Waals surface area contributed by atoms with Crippen molar-refractivity contribution in [3.8, 4) is 11.1 Å². The molecule has 8 nitrogen and oxygen atoms in total. The van der Waals surface area contributed by atoms with Crippen LogP contribution < -0.4 is 16.4 Å². The molecule has 0 heterocycles. The lowest BCUT2D eigenvalue weighted by atomic mass is 9.98. The number of thioether (sulfide) groups is 1. The van der Waals surface area contributed by atoms with Crippen LogP contribution in [0.15, 0.2) is 48.5 Å². The van der Waals surface area contributed by atoms with Crippen molar-refractivity contribution in [1.82, 2.24) is 10.6 Å². The van der Waals surface area contributed by atoms with Crippen LogP contribution in [0.1, 0.15) is 56.1 Å². The average Bonchev–Trinajstić information content (AvgIpc) is 3.29. The van der Waals surface area contributed by atoms with Gasteiger partial charge in [0.2, 0.25) is 5.91 Å². The minimum absolute atomic E-state index is 0.0245. The molecule has 2 amide bonds. The van der Waals surface area contributed by atoms with Crippen molar-refractivity contribution in [1.29, 1.82) is 0 Å². The minimum atomic E-state index is -0.660. The topological polar surface area (TPSA) is 112 Å². The molecule has 0 bridgehead atoms. The number of carbonyl (C=O) groups is 2. The summed E-state index contributed by atoms with van der Waals surface area (Å²) in [5.41, 5.74) is 10.1. The Balaban J connectivity index is 1.38. The lowest BCUT2D eigenvalue weighted by molar-refractivity contribution is -0.122. The van der Waals surface area contributed by atoms with Gasteiger partial charge in [0.05, 0.1) is 0 Å². The van der Waals surface area contributed by atoms with Gasteiger partial charge in [0, 0.05) is 44.6 Å². The van der Waals surface area contributed by atoms with E-state index in [-0.39, 0.29) is 18.4 Å². The molecule has 3 rings (SSSR count). The van der Waals surface area contributed by atoms with Crippen molar-refractivity contribution in [2.24, 2.45) is 5.73 Å². The highest BCUT2D eigenvalue weighted by atomic mass is 32.2. The summed E-state index contributed by atoms with van der Waals surface area (Å²) in [5.74, 6) is 1.19. The van der Waals surface area contributed by atoms with E-state index in [4.69, 9.17) is 19.9 Å². The van der Waals surface area contributed by atoms with Crippen LogP contribution in [-0.2, 0) is 19.0 Å². The highest BCUT2D eigenvalue weighted by Gasteiger charge is 2.29. The van der Waals surface area contributed by atoms with E-state index in [1.165, 1.54) is 11.1 Å². The monoisotopic (exact) mass is 571 g/mol. The quantitative estimate of drug-likeness (QED) is 0.198. The molecule has 0 saturated carbocycles. The predicted molar refractivity (Wildman–Crippen MR) is 162 cm³/mol. The molecule has 9 heteroatoms. The summed E-state index contributed by atoms with van der Waals surface area (Å²) < 4.78 is 16.8. The van der Waals surface area contributed by atoms with Gasteiger partial charge in [0.15, 0.2) is 0 Å². The van der Waals surface area contributed by atoms with E-state index in [9.17, 15) is 9.59 Å². The van der Waals surface area contributed by atoms with Gasteiger partial charge in [-0.3, -0.25) is 4.79 Å². The van der Waals surface area contributed by atoms with Gasteiger partial charge in [-0.2, -0.15) is 11.8 Å².